The van der Waals surface area contributed by atoms with E-state index < -0.39 is 0 Å². The van der Waals surface area contributed by atoms with Crippen molar-refractivity contribution >= 4 is 5.91 Å². The van der Waals surface area contributed by atoms with Crippen LogP contribution >= 0.6 is 0 Å². The SMILES string of the molecule is [CH2]C#CCC(=O)NCC=C. The maximum atomic E-state index is 10.7. The van der Waals surface area contributed by atoms with Crippen molar-refractivity contribution in [1.29, 1.82) is 0 Å². The second-order valence-corrected chi connectivity index (χ2v) is 1.62. The normalized spacial score (nSPS) is 7.30. The quantitative estimate of drug-likeness (QED) is 0.444. The van der Waals surface area contributed by atoms with Gasteiger partial charge in [-0.05, 0) is 0 Å². The van der Waals surface area contributed by atoms with Crippen molar-refractivity contribution < 1.29 is 4.79 Å². The van der Waals surface area contributed by atoms with E-state index in [0.29, 0.717) is 6.54 Å². The molecule has 0 heterocycles. The highest BCUT2D eigenvalue weighted by atomic mass is 16.1. The van der Waals surface area contributed by atoms with Gasteiger partial charge < -0.3 is 5.32 Å². The first-order valence-corrected chi connectivity index (χ1v) is 2.93. The fourth-order valence-corrected chi connectivity index (χ4v) is 0.391. The molecule has 0 atom stereocenters. The van der Waals surface area contributed by atoms with Crippen LogP contribution in [0.3, 0.4) is 0 Å². The predicted octanol–water partition coefficient (Wildman–Crippen LogP) is 0.516. The molecule has 0 bridgehead atoms. The van der Waals surface area contributed by atoms with E-state index in [-0.39, 0.29) is 12.3 Å². The van der Waals surface area contributed by atoms with Crippen molar-refractivity contribution in [3.05, 3.63) is 19.6 Å². The van der Waals surface area contributed by atoms with Gasteiger partial charge in [-0.3, -0.25) is 4.79 Å². The molecule has 0 aromatic carbocycles. The second kappa shape index (κ2) is 5.90. The standard InChI is InChI=1S/C8H10NO/c1-3-5-6-8(10)9-7-4-2/h4H,1-2,6-7H2,(H,9,10). The number of rotatable bonds is 3. The van der Waals surface area contributed by atoms with Gasteiger partial charge in [0.05, 0.1) is 6.42 Å². The van der Waals surface area contributed by atoms with Gasteiger partial charge in [0.15, 0.2) is 0 Å². The van der Waals surface area contributed by atoms with E-state index in [0.717, 1.165) is 0 Å². The van der Waals surface area contributed by atoms with Crippen molar-refractivity contribution in [2.24, 2.45) is 0 Å². The van der Waals surface area contributed by atoms with E-state index in [4.69, 9.17) is 0 Å². The molecule has 0 aliphatic heterocycles. The van der Waals surface area contributed by atoms with Crippen LogP contribution in [0.5, 0.6) is 0 Å². The average molecular weight is 136 g/mol. The monoisotopic (exact) mass is 136 g/mol. The Balaban J connectivity index is 3.40. The highest BCUT2D eigenvalue weighted by Gasteiger charge is 1.92. The Hall–Kier alpha value is -1.23. The van der Waals surface area contributed by atoms with Crippen LogP contribution < -0.4 is 5.32 Å². The summed E-state index contributed by atoms with van der Waals surface area (Å²) in [6.07, 6.45) is 1.84. The maximum absolute atomic E-state index is 10.7. The highest BCUT2D eigenvalue weighted by molar-refractivity contribution is 5.78. The van der Waals surface area contributed by atoms with Gasteiger partial charge in [0, 0.05) is 13.5 Å². The van der Waals surface area contributed by atoms with Gasteiger partial charge >= 0.3 is 0 Å². The lowest BCUT2D eigenvalue weighted by Gasteiger charge is -1.94. The van der Waals surface area contributed by atoms with Crippen molar-refractivity contribution in [3.63, 3.8) is 0 Å². The zero-order valence-electron chi connectivity index (χ0n) is 5.81. The zero-order chi connectivity index (χ0) is 7.82. The Bertz CT molecular complexity index is 173. The number of carbonyl (C=O) groups is 1. The summed E-state index contributed by atoms with van der Waals surface area (Å²) in [4.78, 5) is 10.7. The fourth-order valence-electron chi connectivity index (χ4n) is 0.391. The summed E-state index contributed by atoms with van der Waals surface area (Å²) in [5.41, 5.74) is 0. The van der Waals surface area contributed by atoms with Crippen LogP contribution in [0.2, 0.25) is 0 Å². The summed E-state index contributed by atoms with van der Waals surface area (Å²) in [7, 11) is 0. The minimum Gasteiger partial charge on any atom is -0.352 e. The molecule has 1 N–H and O–H groups in total. The Morgan fingerprint density at radius 3 is 2.90 bits per heavy atom. The van der Waals surface area contributed by atoms with Crippen molar-refractivity contribution in [2.75, 3.05) is 6.54 Å². The lowest BCUT2D eigenvalue weighted by atomic mass is 10.4. The predicted molar refractivity (Wildman–Crippen MR) is 41.0 cm³/mol. The molecule has 0 fully saturated rings. The van der Waals surface area contributed by atoms with Gasteiger partial charge in [0.2, 0.25) is 5.91 Å². The van der Waals surface area contributed by atoms with Gasteiger partial charge in [-0.1, -0.05) is 12.0 Å². The number of nitrogens with one attached hydrogen (secondary N) is 1. The Morgan fingerprint density at radius 2 is 2.40 bits per heavy atom. The molecule has 2 heteroatoms. The lowest BCUT2D eigenvalue weighted by Crippen LogP contribution is -2.22. The van der Waals surface area contributed by atoms with Crippen LogP contribution in [-0.4, -0.2) is 12.5 Å². The van der Waals surface area contributed by atoms with Gasteiger partial charge in [-0.2, -0.15) is 0 Å². The molecule has 53 valence electrons. The minimum absolute atomic E-state index is 0.0870. The van der Waals surface area contributed by atoms with E-state index >= 15 is 0 Å². The first-order valence-electron chi connectivity index (χ1n) is 2.93. The third kappa shape index (κ3) is 4.92. The van der Waals surface area contributed by atoms with Gasteiger partial charge in [-0.25, -0.2) is 0 Å². The van der Waals surface area contributed by atoms with Crippen LogP contribution in [0.1, 0.15) is 6.42 Å². The first kappa shape index (κ1) is 8.77. The fraction of sp³-hybridized carbons (Fsp3) is 0.250. The third-order valence-corrected chi connectivity index (χ3v) is 0.818. The lowest BCUT2D eigenvalue weighted by molar-refractivity contribution is -0.119. The van der Waals surface area contributed by atoms with E-state index in [1.807, 2.05) is 0 Å². The highest BCUT2D eigenvalue weighted by Crippen LogP contribution is 1.74. The molecule has 0 aliphatic rings. The molecule has 0 saturated carbocycles. The topological polar surface area (TPSA) is 29.1 Å². The largest absolute Gasteiger partial charge is 0.352 e. The summed E-state index contributed by atoms with van der Waals surface area (Å²) in [6.45, 7) is 7.22. The molecule has 0 rings (SSSR count). The van der Waals surface area contributed by atoms with Gasteiger partial charge in [-0.15, -0.1) is 12.5 Å². The van der Waals surface area contributed by atoms with Crippen LogP contribution in [0.15, 0.2) is 12.7 Å². The third-order valence-electron chi connectivity index (χ3n) is 0.818. The Morgan fingerprint density at radius 1 is 1.70 bits per heavy atom. The van der Waals surface area contributed by atoms with Gasteiger partial charge in [0.25, 0.3) is 0 Å². The number of hydrogen-bond acceptors (Lipinski definition) is 1. The zero-order valence-corrected chi connectivity index (χ0v) is 5.81. The van der Waals surface area contributed by atoms with E-state index in [9.17, 15) is 4.79 Å². The molecule has 0 saturated heterocycles. The molecule has 1 radical (unpaired) electrons. The van der Waals surface area contributed by atoms with Crippen molar-refractivity contribution in [1.82, 2.24) is 5.32 Å². The number of hydrogen-bond donors (Lipinski definition) is 1. The molecular formula is C8H10NO. The van der Waals surface area contributed by atoms with E-state index in [1.54, 1.807) is 6.08 Å². The van der Waals surface area contributed by atoms with E-state index in [1.165, 1.54) is 0 Å². The van der Waals surface area contributed by atoms with Crippen LogP contribution in [0, 0.1) is 18.8 Å². The summed E-state index contributed by atoms with van der Waals surface area (Å²) >= 11 is 0. The van der Waals surface area contributed by atoms with Crippen LogP contribution in [0.4, 0.5) is 0 Å². The summed E-state index contributed by atoms with van der Waals surface area (Å²) in [5.74, 6) is 4.85. The molecule has 10 heavy (non-hydrogen) atoms. The van der Waals surface area contributed by atoms with Crippen molar-refractivity contribution in [3.8, 4) is 11.8 Å². The Labute approximate surface area is 61.3 Å². The molecule has 2 nitrogen and oxygen atoms in total. The second-order valence-electron chi connectivity index (χ2n) is 1.62. The van der Waals surface area contributed by atoms with Gasteiger partial charge in [0.1, 0.15) is 0 Å². The summed E-state index contributed by atoms with van der Waals surface area (Å²) < 4.78 is 0. The first-order chi connectivity index (χ1) is 4.81. The van der Waals surface area contributed by atoms with Crippen LogP contribution in [-0.2, 0) is 4.79 Å². The maximum Gasteiger partial charge on any atom is 0.232 e. The molecule has 1 amide bonds. The number of amides is 1. The smallest absolute Gasteiger partial charge is 0.232 e. The van der Waals surface area contributed by atoms with Crippen molar-refractivity contribution in [2.45, 2.75) is 6.42 Å². The van der Waals surface area contributed by atoms with Crippen LogP contribution in [0.25, 0.3) is 0 Å². The summed E-state index contributed by atoms with van der Waals surface area (Å²) in [6, 6.07) is 0. The molecular weight excluding hydrogens is 126 g/mol. The average Bonchev–Trinajstić information content (AvgIpc) is 1.97. The molecule has 0 aliphatic carbocycles. The minimum atomic E-state index is -0.0870. The Kier molecular flexibility index (Phi) is 5.17. The molecule has 0 spiro atoms. The number of carbonyl (C=O) groups excluding carboxylic acids is 1. The summed E-state index contributed by atoms with van der Waals surface area (Å²) in [5, 5.41) is 2.58. The molecule has 0 aromatic heterocycles. The van der Waals surface area contributed by atoms with E-state index in [2.05, 4.69) is 30.7 Å². The molecule has 0 aromatic rings. The molecule has 0 unspecified atom stereocenters.